The van der Waals surface area contributed by atoms with Crippen molar-refractivity contribution in [3.05, 3.63) is 95.6 Å². The van der Waals surface area contributed by atoms with E-state index in [2.05, 4.69) is 79.0 Å². The van der Waals surface area contributed by atoms with Gasteiger partial charge in [0.15, 0.2) is 0 Å². The van der Waals surface area contributed by atoms with Crippen molar-refractivity contribution in [1.82, 2.24) is 5.32 Å². The summed E-state index contributed by atoms with van der Waals surface area (Å²) in [5, 5.41) is 3.68. The second-order valence-electron chi connectivity index (χ2n) is 7.91. The third-order valence-electron chi connectivity index (χ3n) is 5.35. The topological polar surface area (TPSA) is 30.5 Å². The Morgan fingerprint density at radius 2 is 1.43 bits per heavy atom. The van der Waals surface area contributed by atoms with Gasteiger partial charge in [0, 0.05) is 17.5 Å². The zero-order valence-electron chi connectivity index (χ0n) is 18.5. The number of nitrogens with one attached hydrogen (secondary N) is 1. The Labute approximate surface area is 181 Å². The fourth-order valence-corrected chi connectivity index (χ4v) is 3.81. The molecule has 0 spiro atoms. The predicted octanol–water partition coefficient (Wildman–Crippen LogP) is 6.36. The predicted molar refractivity (Wildman–Crippen MR) is 125 cm³/mol. The molecule has 0 radical (unpaired) electrons. The molecule has 0 aliphatic carbocycles. The number of benzene rings is 3. The number of para-hydroxylation sites is 1. The molecule has 158 valence electrons. The van der Waals surface area contributed by atoms with E-state index in [0.717, 1.165) is 24.5 Å². The number of ether oxygens (including phenoxy) is 2. The molecule has 0 amide bonds. The van der Waals surface area contributed by atoms with Gasteiger partial charge < -0.3 is 14.8 Å². The number of hydrogen-bond donors (Lipinski definition) is 1. The minimum absolute atomic E-state index is 0.171. The van der Waals surface area contributed by atoms with E-state index in [1.165, 1.54) is 16.7 Å². The molecule has 0 aliphatic heterocycles. The van der Waals surface area contributed by atoms with Gasteiger partial charge in [0.05, 0.1) is 13.2 Å². The number of hydrogen-bond acceptors (Lipinski definition) is 3. The molecule has 0 unspecified atom stereocenters. The third kappa shape index (κ3) is 5.87. The molecule has 3 aromatic rings. The highest BCUT2D eigenvalue weighted by molar-refractivity contribution is 5.43. The van der Waals surface area contributed by atoms with E-state index in [-0.39, 0.29) is 12.0 Å². The second-order valence-corrected chi connectivity index (χ2v) is 7.91. The first kappa shape index (κ1) is 21.9. The molecular formula is C27H33NO2. The molecule has 3 aromatic carbocycles. The van der Waals surface area contributed by atoms with Crippen LogP contribution in [0.5, 0.6) is 11.5 Å². The lowest BCUT2D eigenvalue weighted by Crippen LogP contribution is -2.22. The van der Waals surface area contributed by atoms with E-state index < -0.39 is 0 Å². The van der Waals surface area contributed by atoms with Gasteiger partial charge in [0.25, 0.3) is 0 Å². The standard InChI is InChI=1S/C27H33NO2/c1-20(2)30-24-16-14-23(15-17-24)25(26-12-8-9-13-27(26)29-4)18-19-28-21(3)22-10-6-5-7-11-22/h5-17,20-21,25,28H,18-19H2,1-4H3/t21-,25+/m0/s1. The van der Waals surface area contributed by atoms with Crippen molar-refractivity contribution in [2.45, 2.75) is 45.3 Å². The van der Waals surface area contributed by atoms with Crippen LogP contribution < -0.4 is 14.8 Å². The summed E-state index contributed by atoms with van der Waals surface area (Å²) in [6.45, 7) is 7.21. The average molecular weight is 404 g/mol. The van der Waals surface area contributed by atoms with Crippen LogP contribution in [0.15, 0.2) is 78.9 Å². The first-order valence-electron chi connectivity index (χ1n) is 10.8. The lowest BCUT2D eigenvalue weighted by Gasteiger charge is -2.22. The maximum atomic E-state index is 5.82. The van der Waals surface area contributed by atoms with Gasteiger partial charge in [-0.2, -0.15) is 0 Å². The highest BCUT2D eigenvalue weighted by Crippen LogP contribution is 2.35. The Hall–Kier alpha value is -2.78. The van der Waals surface area contributed by atoms with Gasteiger partial charge in [0.2, 0.25) is 0 Å². The molecule has 0 fully saturated rings. The van der Waals surface area contributed by atoms with Crippen molar-refractivity contribution in [1.29, 1.82) is 0 Å². The van der Waals surface area contributed by atoms with Gasteiger partial charge in [-0.25, -0.2) is 0 Å². The molecule has 3 nitrogen and oxygen atoms in total. The molecule has 0 saturated carbocycles. The van der Waals surface area contributed by atoms with Crippen LogP contribution in [0.2, 0.25) is 0 Å². The third-order valence-corrected chi connectivity index (χ3v) is 5.35. The van der Waals surface area contributed by atoms with Gasteiger partial charge in [-0.3, -0.25) is 0 Å². The zero-order chi connectivity index (χ0) is 21.3. The van der Waals surface area contributed by atoms with E-state index in [9.17, 15) is 0 Å². The van der Waals surface area contributed by atoms with Crippen LogP contribution in [0, 0.1) is 0 Å². The lowest BCUT2D eigenvalue weighted by molar-refractivity contribution is 0.242. The number of methoxy groups -OCH3 is 1. The van der Waals surface area contributed by atoms with Crippen LogP contribution >= 0.6 is 0 Å². The molecular weight excluding hydrogens is 370 g/mol. The monoisotopic (exact) mass is 403 g/mol. The first-order chi connectivity index (χ1) is 14.6. The van der Waals surface area contributed by atoms with E-state index in [1.54, 1.807) is 7.11 Å². The molecule has 0 heterocycles. The summed E-state index contributed by atoms with van der Waals surface area (Å²) >= 11 is 0. The van der Waals surface area contributed by atoms with Crippen molar-refractivity contribution in [2.75, 3.05) is 13.7 Å². The quantitative estimate of drug-likeness (QED) is 0.427. The highest BCUT2D eigenvalue weighted by Gasteiger charge is 2.19. The van der Waals surface area contributed by atoms with E-state index >= 15 is 0 Å². The Bertz CT molecular complexity index is 890. The van der Waals surface area contributed by atoms with E-state index in [1.807, 2.05) is 26.0 Å². The largest absolute Gasteiger partial charge is 0.496 e. The normalized spacial score (nSPS) is 13.1. The minimum atomic E-state index is 0.171. The molecule has 2 atom stereocenters. The van der Waals surface area contributed by atoms with Crippen molar-refractivity contribution >= 4 is 0 Å². The zero-order valence-corrected chi connectivity index (χ0v) is 18.5. The van der Waals surface area contributed by atoms with Crippen LogP contribution in [-0.2, 0) is 0 Å². The van der Waals surface area contributed by atoms with Crippen molar-refractivity contribution in [3.63, 3.8) is 0 Å². The lowest BCUT2D eigenvalue weighted by atomic mass is 9.87. The summed E-state index contributed by atoms with van der Waals surface area (Å²) in [6.07, 6.45) is 1.15. The Morgan fingerprint density at radius 1 is 0.767 bits per heavy atom. The van der Waals surface area contributed by atoms with Gasteiger partial charge >= 0.3 is 0 Å². The molecule has 3 rings (SSSR count). The smallest absolute Gasteiger partial charge is 0.122 e. The maximum absolute atomic E-state index is 5.82. The Morgan fingerprint density at radius 3 is 2.10 bits per heavy atom. The molecule has 3 heteroatoms. The SMILES string of the molecule is COc1ccccc1[C@H](CCN[C@@H](C)c1ccccc1)c1ccc(OC(C)C)cc1. The Kier molecular flexibility index (Phi) is 7.92. The summed E-state index contributed by atoms with van der Waals surface area (Å²) in [4.78, 5) is 0. The van der Waals surface area contributed by atoms with E-state index in [4.69, 9.17) is 9.47 Å². The van der Waals surface area contributed by atoms with Crippen LogP contribution in [0.3, 0.4) is 0 Å². The second kappa shape index (κ2) is 10.8. The molecule has 30 heavy (non-hydrogen) atoms. The van der Waals surface area contributed by atoms with Gasteiger partial charge in [-0.05, 0) is 63.1 Å². The summed E-state index contributed by atoms with van der Waals surface area (Å²) in [7, 11) is 1.74. The van der Waals surface area contributed by atoms with Crippen LogP contribution in [-0.4, -0.2) is 19.8 Å². The highest BCUT2D eigenvalue weighted by atomic mass is 16.5. The average Bonchev–Trinajstić information content (AvgIpc) is 2.77. The van der Waals surface area contributed by atoms with Crippen LogP contribution in [0.4, 0.5) is 0 Å². The molecule has 0 saturated heterocycles. The summed E-state index contributed by atoms with van der Waals surface area (Å²) in [6, 6.07) is 27.7. The van der Waals surface area contributed by atoms with Gasteiger partial charge in [0.1, 0.15) is 11.5 Å². The molecule has 1 N–H and O–H groups in total. The van der Waals surface area contributed by atoms with Crippen molar-refractivity contribution < 1.29 is 9.47 Å². The summed E-state index contributed by atoms with van der Waals surface area (Å²) in [5.41, 5.74) is 3.79. The Balaban J connectivity index is 1.78. The van der Waals surface area contributed by atoms with Crippen molar-refractivity contribution in [3.8, 4) is 11.5 Å². The van der Waals surface area contributed by atoms with Crippen LogP contribution in [0.1, 0.15) is 55.8 Å². The van der Waals surface area contributed by atoms with Gasteiger partial charge in [-0.15, -0.1) is 0 Å². The maximum Gasteiger partial charge on any atom is 0.122 e. The first-order valence-corrected chi connectivity index (χ1v) is 10.8. The fourth-order valence-electron chi connectivity index (χ4n) is 3.81. The van der Waals surface area contributed by atoms with Gasteiger partial charge in [-0.1, -0.05) is 60.7 Å². The van der Waals surface area contributed by atoms with E-state index in [0.29, 0.717) is 6.04 Å². The fraction of sp³-hybridized carbons (Fsp3) is 0.333. The minimum Gasteiger partial charge on any atom is -0.496 e. The summed E-state index contributed by atoms with van der Waals surface area (Å²) < 4.78 is 11.5. The molecule has 0 bridgehead atoms. The van der Waals surface area contributed by atoms with Crippen molar-refractivity contribution in [2.24, 2.45) is 0 Å². The number of rotatable bonds is 10. The summed E-state index contributed by atoms with van der Waals surface area (Å²) in [5.74, 6) is 2.08. The molecule has 0 aliphatic rings. The van der Waals surface area contributed by atoms with Crippen LogP contribution in [0.25, 0.3) is 0 Å². The molecule has 0 aromatic heterocycles.